The predicted octanol–water partition coefficient (Wildman–Crippen LogP) is 3.15. The van der Waals surface area contributed by atoms with E-state index in [4.69, 9.17) is 23.2 Å². The molecule has 0 aliphatic rings. The van der Waals surface area contributed by atoms with E-state index in [1.807, 2.05) is 0 Å². The minimum atomic E-state index is -3.88. The van der Waals surface area contributed by atoms with Crippen molar-refractivity contribution in [3.8, 4) is 0 Å². The maximum Gasteiger partial charge on any atom is 0.262 e. The predicted molar refractivity (Wildman–Crippen MR) is 85.8 cm³/mol. The van der Waals surface area contributed by atoms with Gasteiger partial charge in [-0.25, -0.2) is 13.4 Å². The normalized spacial score (nSPS) is 11.0. The van der Waals surface area contributed by atoms with Gasteiger partial charge in [0.05, 0.1) is 21.3 Å². The van der Waals surface area contributed by atoms with Gasteiger partial charge in [0.25, 0.3) is 10.0 Å². The molecule has 0 saturated heterocycles. The molecular formula is C13H11Cl2N3O3S. The van der Waals surface area contributed by atoms with Gasteiger partial charge in [-0.15, -0.1) is 0 Å². The Morgan fingerprint density at radius 1 is 1.18 bits per heavy atom. The molecule has 2 N–H and O–H groups in total. The highest BCUT2D eigenvalue weighted by atomic mass is 35.5. The Hall–Kier alpha value is -1.83. The lowest BCUT2D eigenvalue weighted by molar-refractivity contribution is -0.114. The lowest BCUT2D eigenvalue weighted by atomic mass is 10.3. The van der Waals surface area contributed by atoms with Crippen molar-refractivity contribution >= 4 is 50.5 Å². The largest absolute Gasteiger partial charge is 0.325 e. The number of carbonyl (C=O) groups excluding carboxylic acids is 1. The van der Waals surface area contributed by atoms with Gasteiger partial charge < -0.3 is 5.32 Å². The number of sulfonamides is 1. The molecule has 1 heterocycles. The second-order valence-corrected chi connectivity index (χ2v) is 6.72. The highest BCUT2D eigenvalue weighted by Crippen LogP contribution is 2.27. The number of rotatable bonds is 4. The van der Waals surface area contributed by atoms with E-state index >= 15 is 0 Å². The van der Waals surface area contributed by atoms with Gasteiger partial charge in [-0.3, -0.25) is 9.52 Å². The van der Waals surface area contributed by atoms with Crippen LogP contribution in [-0.2, 0) is 14.8 Å². The number of hydrogen-bond donors (Lipinski definition) is 2. The zero-order chi connectivity index (χ0) is 16.3. The number of halogens is 2. The van der Waals surface area contributed by atoms with E-state index in [2.05, 4.69) is 15.0 Å². The van der Waals surface area contributed by atoms with Crippen LogP contribution in [-0.4, -0.2) is 19.3 Å². The van der Waals surface area contributed by atoms with E-state index in [1.54, 1.807) is 6.07 Å². The van der Waals surface area contributed by atoms with Crippen LogP contribution in [0, 0.1) is 0 Å². The van der Waals surface area contributed by atoms with Gasteiger partial charge in [-0.2, -0.15) is 0 Å². The Morgan fingerprint density at radius 2 is 1.91 bits per heavy atom. The first-order valence-electron chi connectivity index (χ1n) is 6.00. The Kier molecular flexibility index (Phi) is 4.90. The third-order valence-electron chi connectivity index (χ3n) is 2.56. The molecule has 0 saturated carbocycles. The third kappa shape index (κ3) is 3.88. The van der Waals surface area contributed by atoms with E-state index < -0.39 is 10.0 Å². The lowest BCUT2D eigenvalue weighted by Crippen LogP contribution is -2.14. The summed E-state index contributed by atoms with van der Waals surface area (Å²) in [6, 6.07) is 7.00. The van der Waals surface area contributed by atoms with E-state index in [1.165, 1.54) is 37.4 Å². The fourth-order valence-corrected chi connectivity index (χ4v) is 3.23. The molecule has 0 fully saturated rings. The van der Waals surface area contributed by atoms with Crippen molar-refractivity contribution in [2.45, 2.75) is 11.8 Å². The van der Waals surface area contributed by atoms with Crippen molar-refractivity contribution in [3.05, 3.63) is 46.7 Å². The van der Waals surface area contributed by atoms with Crippen LogP contribution in [0.3, 0.4) is 0 Å². The Bertz CT molecular complexity index is 825. The van der Waals surface area contributed by atoms with Crippen LogP contribution in [0.2, 0.25) is 10.2 Å². The van der Waals surface area contributed by atoms with Crippen molar-refractivity contribution in [2.75, 3.05) is 10.0 Å². The highest BCUT2D eigenvalue weighted by Gasteiger charge is 2.17. The van der Waals surface area contributed by atoms with Crippen LogP contribution in [0.4, 0.5) is 11.4 Å². The molecule has 116 valence electrons. The molecule has 22 heavy (non-hydrogen) atoms. The second-order valence-electron chi connectivity index (χ2n) is 4.27. The monoisotopic (exact) mass is 359 g/mol. The standard InChI is InChI=1S/C13H11Cl2N3O3S/c1-8(19)17-11-5-4-9(7-10(11)14)22(20,21)18-12-3-2-6-16-13(12)15/h2-7,18H,1H3,(H,17,19). The molecule has 0 aliphatic carbocycles. The van der Waals surface area contributed by atoms with Gasteiger partial charge in [0.15, 0.2) is 5.15 Å². The summed E-state index contributed by atoms with van der Waals surface area (Å²) < 4.78 is 26.9. The van der Waals surface area contributed by atoms with Crippen LogP contribution >= 0.6 is 23.2 Å². The summed E-state index contributed by atoms with van der Waals surface area (Å²) in [6.07, 6.45) is 1.44. The molecule has 6 nitrogen and oxygen atoms in total. The molecule has 9 heteroatoms. The molecule has 1 amide bonds. The van der Waals surface area contributed by atoms with Crippen LogP contribution < -0.4 is 10.0 Å². The number of carbonyl (C=O) groups is 1. The zero-order valence-corrected chi connectivity index (χ0v) is 13.6. The maximum absolute atomic E-state index is 12.3. The fraction of sp³-hybridized carbons (Fsp3) is 0.0769. The first-order valence-corrected chi connectivity index (χ1v) is 8.24. The van der Waals surface area contributed by atoms with Gasteiger partial charge in [0.1, 0.15) is 0 Å². The maximum atomic E-state index is 12.3. The molecule has 0 bridgehead atoms. The van der Waals surface area contributed by atoms with Crippen LogP contribution in [0.1, 0.15) is 6.92 Å². The summed E-state index contributed by atoms with van der Waals surface area (Å²) >= 11 is 11.8. The van der Waals surface area contributed by atoms with E-state index in [0.29, 0.717) is 5.69 Å². The Balaban J connectivity index is 2.32. The number of hydrogen-bond acceptors (Lipinski definition) is 4. The number of amides is 1. The van der Waals surface area contributed by atoms with Gasteiger partial charge in [-0.05, 0) is 30.3 Å². The lowest BCUT2D eigenvalue weighted by Gasteiger charge is -2.11. The number of nitrogens with one attached hydrogen (secondary N) is 2. The topological polar surface area (TPSA) is 88.2 Å². The summed E-state index contributed by atoms with van der Waals surface area (Å²) in [5.41, 5.74) is 0.485. The first-order chi connectivity index (χ1) is 10.3. The van der Waals surface area contributed by atoms with E-state index in [-0.39, 0.29) is 26.7 Å². The van der Waals surface area contributed by atoms with Gasteiger partial charge >= 0.3 is 0 Å². The van der Waals surface area contributed by atoms with Crippen LogP contribution in [0.5, 0.6) is 0 Å². The van der Waals surface area contributed by atoms with Crippen LogP contribution in [0.25, 0.3) is 0 Å². The zero-order valence-electron chi connectivity index (χ0n) is 11.3. The molecule has 0 radical (unpaired) electrons. The van der Waals surface area contributed by atoms with E-state index in [0.717, 1.165) is 0 Å². The van der Waals surface area contributed by atoms with Crippen molar-refractivity contribution in [1.29, 1.82) is 0 Å². The molecule has 2 aromatic rings. The van der Waals surface area contributed by atoms with Gasteiger partial charge in [-0.1, -0.05) is 23.2 Å². The average molecular weight is 360 g/mol. The second kappa shape index (κ2) is 6.51. The number of anilines is 2. The quantitative estimate of drug-likeness (QED) is 0.820. The number of pyridine rings is 1. The third-order valence-corrected chi connectivity index (χ3v) is 4.54. The minimum absolute atomic E-state index is 0.0343. The Labute approximate surface area is 137 Å². The smallest absolute Gasteiger partial charge is 0.262 e. The van der Waals surface area contributed by atoms with Crippen molar-refractivity contribution in [1.82, 2.24) is 4.98 Å². The summed E-state index contributed by atoms with van der Waals surface area (Å²) in [4.78, 5) is 14.7. The van der Waals surface area contributed by atoms with Crippen molar-refractivity contribution < 1.29 is 13.2 Å². The first kappa shape index (κ1) is 16.5. The van der Waals surface area contributed by atoms with Gasteiger partial charge in [0, 0.05) is 13.1 Å². The average Bonchev–Trinajstić information content (AvgIpc) is 2.43. The molecule has 1 aromatic carbocycles. The summed E-state index contributed by atoms with van der Waals surface area (Å²) in [5.74, 6) is -0.308. The highest BCUT2D eigenvalue weighted by molar-refractivity contribution is 7.92. The molecule has 1 aromatic heterocycles. The van der Waals surface area contributed by atoms with Gasteiger partial charge in [0.2, 0.25) is 5.91 Å². The van der Waals surface area contributed by atoms with Crippen molar-refractivity contribution in [2.24, 2.45) is 0 Å². The summed E-state index contributed by atoms with van der Waals surface area (Å²) in [5, 5.41) is 2.63. The molecule has 0 aliphatic heterocycles. The molecule has 2 rings (SSSR count). The number of nitrogens with zero attached hydrogens (tertiary/aromatic N) is 1. The molecular weight excluding hydrogens is 349 g/mol. The molecule has 0 spiro atoms. The fourth-order valence-electron chi connectivity index (χ4n) is 1.62. The summed E-state index contributed by atoms with van der Waals surface area (Å²) in [7, 11) is -3.88. The van der Waals surface area contributed by atoms with E-state index in [9.17, 15) is 13.2 Å². The minimum Gasteiger partial charge on any atom is -0.325 e. The Morgan fingerprint density at radius 3 is 2.50 bits per heavy atom. The molecule has 0 unspecified atom stereocenters. The van der Waals surface area contributed by atoms with Crippen LogP contribution in [0.15, 0.2) is 41.4 Å². The summed E-state index contributed by atoms with van der Waals surface area (Å²) in [6.45, 7) is 1.33. The number of aromatic nitrogens is 1. The molecule has 0 atom stereocenters. The SMILES string of the molecule is CC(=O)Nc1ccc(S(=O)(=O)Nc2cccnc2Cl)cc1Cl. The number of benzene rings is 1. The van der Waals surface area contributed by atoms with Crippen molar-refractivity contribution in [3.63, 3.8) is 0 Å².